The van der Waals surface area contributed by atoms with Crippen molar-refractivity contribution in [1.82, 2.24) is 10.2 Å². The summed E-state index contributed by atoms with van der Waals surface area (Å²) in [5.74, 6) is -0.0197. The van der Waals surface area contributed by atoms with Crippen molar-refractivity contribution in [2.45, 2.75) is 65.1 Å². The second-order valence-corrected chi connectivity index (χ2v) is 13.1. The van der Waals surface area contributed by atoms with Crippen LogP contribution in [-0.2, 0) is 32.6 Å². The third kappa shape index (κ3) is 10.0. The molecule has 0 unspecified atom stereocenters. The van der Waals surface area contributed by atoms with E-state index in [1.54, 1.807) is 17.0 Å². The molecule has 0 aliphatic carbocycles. The van der Waals surface area contributed by atoms with Crippen molar-refractivity contribution in [2.24, 2.45) is 0 Å². The van der Waals surface area contributed by atoms with E-state index < -0.39 is 16.1 Å². The van der Waals surface area contributed by atoms with Gasteiger partial charge < -0.3 is 15.0 Å². The Kier molecular flexibility index (Phi) is 12.5. The van der Waals surface area contributed by atoms with Gasteiger partial charge in [-0.1, -0.05) is 78.7 Å². The lowest BCUT2D eigenvalue weighted by Crippen LogP contribution is -2.52. The van der Waals surface area contributed by atoms with Crippen molar-refractivity contribution in [3.63, 3.8) is 0 Å². The van der Waals surface area contributed by atoms with Gasteiger partial charge in [-0.2, -0.15) is 0 Å². The van der Waals surface area contributed by atoms with Crippen LogP contribution in [0.25, 0.3) is 0 Å². The predicted octanol–water partition coefficient (Wildman–Crippen LogP) is 5.76. The molecule has 2 atom stereocenters. The van der Waals surface area contributed by atoms with Crippen LogP contribution in [0.15, 0.2) is 72.8 Å². The summed E-state index contributed by atoms with van der Waals surface area (Å²) in [6.45, 7) is 6.23. The lowest BCUT2D eigenvalue weighted by molar-refractivity contribution is -0.141. The maximum absolute atomic E-state index is 14.0. The lowest BCUT2D eigenvalue weighted by Gasteiger charge is -2.33. The van der Waals surface area contributed by atoms with Crippen LogP contribution in [0, 0.1) is 6.92 Å². The maximum atomic E-state index is 14.0. The number of amides is 2. The molecule has 8 nitrogen and oxygen atoms in total. The molecule has 0 bridgehead atoms. The van der Waals surface area contributed by atoms with Gasteiger partial charge in [-0.15, -0.1) is 0 Å². The average molecular weight is 628 g/mol. The molecule has 43 heavy (non-hydrogen) atoms. The van der Waals surface area contributed by atoms with Gasteiger partial charge in [-0.05, 0) is 56.0 Å². The van der Waals surface area contributed by atoms with Gasteiger partial charge in [0.1, 0.15) is 11.8 Å². The first-order chi connectivity index (χ1) is 20.4. The number of nitrogens with zero attached hydrogens (tertiary/aromatic N) is 2. The summed E-state index contributed by atoms with van der Waals surface area (Å²) in [6.07, 6.45) is 2.51. The van der Waals surface area contributed by atoms with E-state index in [0.29, 0.717) is 17.9 Å². The van der Waals surface area contributed by atoms with Crippen LogP contribution in [0.2, 0.25) is 5.02 Å². The molecule has 0 aromatic heterocycles. The van der Waals surface area contributed by atoms with Gasteiger partial charge in [-0.3, -0.25) is 13.9 Å². The largest absolute Gasteiger partial charge is 0.495 e. The van der Waals surface area contributed by atoms with Crippen molar-refractivity contribution < 1.29 is 22.7 Å². The minimum absolute atomic E-state index is 0.0453. The highest BCUT2D eigenvalue weighted by Gasteiger charge is 2.31. The fourth-order valence-corrected chi connectivity index (χ4v) is 6.03. The third-order valence-electron chi connectivity index (χ3n) is 7.28. The Morgan fingerprint density at radius 3 is 2.30 bits per heavy atom. The number of hydrogen-bond donors (Lipinski definition) is 1. The SMILES string of the molecule is CC[C@@H](C)NC(=O)[C@H](Cc1ccccc1)N(Cc1cccc(C)c1)C(=O)CCCN(c1ccc(OC)c(Cl)c1)S(C)(=O)=O. The van der Waals surface area contributed by atoms with Gasteiger partial charge in [0, 0.05) is 32.0 Å². The topological polar surface area (TPSA) is 96.0 Å². The molecule has 0 fully saturated rings. The molecule has 0 saturated heterocycles. The average Bonchev–Trinajstić information content (AvgIpc) is 2.96. The molecule has 232 valence electrons. The van der Waals surface area contributed by atoms with Crippen LogP contribution in [0.3, 0.4) is 0 Å². The number of nitrogens with one attached hydrogen (secondary N) is 1. The summed E-state index contributed by atoms with van der Waals surface area (Å²) in [6, 6.07) is 21.4. The number of ether oxygens (including phenoxy) is 1. The molecule has 0 spiro atoms. The minimum Gasteiger partial charge on any atom is -0.495 e. The number of hydrogen-bond acceptors (Lipinski definition) is 5. The van der Waals surface area contributed by atoms with E-state index in [-0.39, 0.29) is 48.8 Å². The highest BCUT2D eigenvalue weighted by Crippen LogP contribution is 2.30. The summed E-state index contributed by atoms with van der Waals surface area (Å²) in [5, 5.41) is 3.35. The zero-order valence-corrected chi connectivity index (χ0v) is 27.1. The van der Waals surface area contributed by atoms with Crippen LogP contribution in [0.1, 0.15) is 49.8 Å². The van der Waals surface area contributed by atoms with E-state index >= 15 is 0 Å². The number of halogens is 1. The molecular formula is C33H42ClN3O5S. The summed E-state index contributed by atoms with van der Waals surface area (Å²) < 4.78 is 31.9. The molecule has 10 heteroatoms. The van der Waals surface area contributed by atoms with Crippen molar-refractivity contribution >= 4 is 39.1 Å². The van der Waals surface area contributed by atoms with Crippen molar-refractivity contribution in [1.29, 1.82) is 0 Å². The van der Waals surface area contributed by atoms with Crippen LogP contribution >= 0.6 is 11.6 Å². The van der Waals surface area contributed by atoms with Crippen molar-refractivity contribution in [3.8, 4) is 5.75 Å². The molecule has 2 amide bonds. The first-order valence-electron chi connectivity index (χ1n) is 14.4. The minimum atomic E-state index is -3.67. The standard InChI is InChI=1S/C33H42ClN3O5S/c1-6-25(3)35-33(39)30(21-26-13-8-7-9-14-26)36(23-27-15-10-12-24(2)20-27)32(38)16-11-19-37(43(5,40)41)28-17-18-31(42-4)29(34)22-28/h7-10,12-15,17-18,20,22,25,30H,6,11,16,19,21,23H2,1-5H3,(H,35,39)/t25-,30+/m1/s1. The second kappa shape index (κ2) is 15.8. The Bertz CT molecular complexity index is 1480. The molecule has 0 saturated carbocycles. The number of carbonyl (C=O) groups excluding carboxylic acids is 2. The smallest absolute Gasteiger partial charge is 0.243 e. The molecule has 3 rings (SSSR count). The maximum Gasteiger partial charge on any atom is 0.243 e. The Morgan fingerprint density at radius 1 is 1.00 bits per heavy atom. The fraction of sp³-hybridized carbons (Fsp3) is 0.394. The number of anilines is 1. The van der Waals surface area contributed by atoms with E-state index in [2.05, 4.69) is 5.32 Å². The fourth-order valence-electron chi connectivity index (χ4n) is 4.82. The molecule has 0 heterocycles. The Labute approximate surface area is 261 Å². The number of aryl methyl sites for hydroxylation is 1. The van der Waals surface area contributed by atoms with Crippen molar-refractivity contribution in [3.05, 3.63) is 94.5 Å². The molecular weight excluding hydrogens is 586 g/mol. The van der Waals surface area contributed by atoms with Gasteiger partial charge >= 0.3 is 0 Å². The molecule has 3 aromatic carbocycles. The molecule has 3 aromatic rings. The number of rotatable bonds is 15. The summed E-state index contributed by atoms with van der Waals surface area (Å²) in [4.78, 5) is 29.3. The van der Waals surface area contributed by atoms with E-state index in [1.165, 1.54) is 17.5 Å². The van der Waals surface area contributed by atoms with Crippen LogP contribution in [-0.4, -0.2) is 57.1 Å². The van der Waals surface area contributed by atoms with E-state index in [0.717, 1.165) is 29.4 Å². The number of carbonyl (C=O) groups is 2. The highest BCUT2D eigenvalue weighted by molar-refractivity contribution is 7.92. The normalized spacial score (nSPS) is 12.7. The Balaban J connectivity index is 1.90. The number of methoxy groups -OCH3 is 1. The molecule has 1 N–H and O–H groups in total. The van der Waals surface area contributed by atoms with E-state index in [1.807, 2.05) is 75.4 Å². The molecule has 0 aliphatic heterocycles. The van der Waals surface area contributed by atoms with Crippen molar-refractivity contribution in [2.75, 3.05) is 24.2 Å². The monoisotopic (exact) mass is 627 g/mol. The van der Waals surface area contributed by atoms with Crippen LogP contribution in [0.4, 0.5) is 5.69 Å². The van der Waals surface area contributed by atoms with Gasteiger partial charge in [0.25, 0.3) is 0 Å². The van der Waals surface area contributed by atoms with Gasteiger partial charge in [0.15, 0.2) is 0 Å². The highest BCUT2D eigenvalue weighted by atomic mass is 35.5. The zero-order valence-electron chi connectivity index (χ0n) is 25.5. The van der Waals surface area contributed by atoms with E-state index in [9.17, 15) is 18.0 Å². The summed E-state index contributed by atoms with van der Waals surface area (Å²) in [7, 11) is -2.18. The second-order valence-electron chi connectivity index (χ2n) is 10.8. The summed E-state index contributed by atoms with van der Waals surface area (Å²) in [5.41, 5.74) is 3.28. The first-order valence-corrected chi connectivity index (χ1v) is 16.7. The van der Waals surface area contributed by atoms with E-state index in [4.69, 9.17) is 16.3 Å². The zero-order chi connectivity index (χ0) is 31.6. The first kappa shape index (κ1) is 33.9. The van der Waals surface area contributed by atoms with Crippen LogP contribution in [0.5, 0.6) is 5.75 Å². The van der Waals surface area contributed by atoms with Crippen LogP contribution < -0.4 is 14.4 Å². The third-order valence-corrected chi connectivity index (χ3v) is 8.77. The van der Waals surface area contributed by atoms with Gasteiger partial charge in [-0.25, -0.2) is 8.42 Å². The quantitative estimate of drug-likeness (QED) is 0.231. The van der Waals surface area contributed by atoms with Gasteiger partial charge in [0.2, 0.25) is 21.8 Å². The summed E-state index contributed by atoms with van der Waals surface area (Å²) >= 11 is 6.27. The lowest BCUT2D eigenvalue weighted by atomic mass is 10.0. The Hall–Kier alpha value is -3.56. The predicted molar refractivity (Wildman–Crippen MR) is 173 cm³/mol. The number of benzene rings is 3. The number of sulfonamides is 1. The van der Waals surface area contributed by atoms with Gasteiger partial charge in [0.05, 0.1) is 24.1 Å². The molecule has 0 radical (unpaired) electrons. The molecule has 0 aliphatic rings. The Morgan fingerprint density at radius 2 is 1.70 bits per heavy atom.